The highest BCUT2D eigenvalue weighted by Gasteiger charge is 2.11. The Morgan fingerprint density at radius 1 is 1.04 bits per heavy atom. The molecular formula is C18H11N3O5. The van der Waals surface area contributed by atoms with Crippen LogP contribution in [0.4, 0.5) is 5.69 Å². The number of fused-ring (bicyclic) bond motifs is 3. The number of H-pyrrole nitrogens is 1. The van der Waals surface area contributed by atoms with Gasteiger partial charge in [0.1, 0.15) is 17.2 Å². The molecule has 0 atom stereocenters. The minimum absolute atomic E-state index is 0.0156. The average molecular weight is 349 g/mol. The highest BCUT2D eigenvalue weighted by atomic mass is 16.6. The maximum absolute atomic E-state index is 11.1. The van der Waals surface area contributed by atoms with E-state index in [4.69, 9.17) is 9.84 Å². The van der Waals surface area contributed by atoms with Crippen LogP contribution >= 0.6 is 0 Å². The number of carbonyl (C=O) groups is 1. The fraction of sp³-hybridized carbons (Fsp3) is 0. The minimum atomic E-state index is -1.10. The van der Waals surface area contributed by atoms with Crippen molar-refractivity contribution in [3.8, 4) is 11.5 Å². The lowest BCUT2D eigenvalue weighted by molar-refractivity contribution is -0.384. The number of benzene rings is 2. The number of aromatic carboxylic acids is 1. The molecule has 8 heteroatoms. The van der Waals surface area contributed by atoms with Crippen molar-refractivity contribution in [2.24, 2.45) is 0 Å². The van der Waals surface area contributed by atoms with Crippen LogP contribution in [-0.4, -0.2) is 26.0 Å². The summed E-state index contributed by atoms with van der Waals surface area (Å²) in [6.45, 7) is 0. The smallest absolute Gasteiger partial charge is 0.354 e. The van der Waals surface area contributed by atoms with Gasteiger partial charge < -0.3 is 14.8 Å². The molecular weight excluding hydrogens is 338 g/mol. The Morgan fingerprint density at radius 3 is 2.42 bits per heavy atom. The number of nitro benzene ring substituents is 1. The predicted molar refractivity (Wildman–Crippen MR) is 93.7 cm³/mol. The quantitative estimate of drug-likeness (QED) is 0.423. The van der Waals surface area contributed by atoms with Gasteiger partial charge >= 0.3 is 5.97 Å². The van der Waals surface area contributed by atoms with Crippen LogP contribution in [0.15, 0.2) is 54.7 Å². The molecule has 0 aliphatic rings. The lowest BCUT2D eigenvalue weighted by Crippen LogP contribution is -1.98. The summed E-state index contributed by atoms with van der Waals surface area (Å²) < 4.78 is 5.75. The molecule has 8 nitrogen and oxygen atoms in total. The number of pyridine rings is 1. The monoisotopic (exact) mass is 349 g/mol. The molecule has 0 radical (unpaired) electrons. The first-order valence-corrected chi connectivity index (χ1v) is 7.58. The largest absolute Gasteiger partial charge is 0.477 e. The summed E-state index contributed by atoms with van der Waals surface area (Å²) >= 11 is 0. The molecule has 0 spiro atoms. The van der Waals surface area contributed by atoms with E-state index in [2.05, 4.69) is 9.97 Å². The van der Waals surface area contributed by atoms with Gasteiger partial charge in [0.15, 0.2) is 0 Å². The van der Waals surface area contributed by atoms with E-state index in [0.717, 1.165) is 21.8 Å². The van der Waals surface area contributed by atoms with E-state index >= 15 is 0 Å². The SMILES string of the molecule is O=C(O)c1cc2c(cn1)[nH]c1ccc(Oc3ccc([N+](=O)[O-])cc3)cc12. The third-order valence-electron chi connectivity index (χ3n) is 3.96. The summed E-state index contributed by atoms with van der Waals surface area (Å²) in [6, 6.07) is 12.6. The first-order chi connectivity index (χ1) is 12.5. The van der Waals surface area contributed by atoms with Crippen molar-refractivity contribution in [3.05, 3.63) is 70.5 Å². The normalized spacial score (nSPS) is 10.9. The lowest BCUT2D eigenvalue weighted by atomic mass is 10.1. The number of carboxylic acids is 1. The lowest BCUT2D eigenvalue weighted by Gasteiger charge is -2.05. The molecule has 128 valence electrons. The maximum Gasteiger partial charge on any atom is 0.354 e. The van der Waals surface area contributed by atoms with E-state index in [-0.39, 0.29) is 11.4 Å². The Kier molecular flexibility index (Phi) is 3.51. The van der Waals surface area contributed by atoms with Crippen LogP contribution in [0, 0.1) is 10.1 Å². The topological polar surface area (TPSA) is 118 Å². The number of hydrogen-bond donors (Lipinski definition) is 2. The highest BCUT2D eigenvalue weighted by Crippen LogP contribution is 2.31. The average Bonchev–Trinajstić information content (AvgIpc) is 2.99. The van der Waals surface area contributed by atoms with Gasteiger partial charge in [-0.15, -0.1) is 0 Å². The second-order valence-corrected chi connectivity index (χ2v) is 5.61. The van der Waals surface area contributed by atoms with Crippen LogP contribution in [0.1, 0.15) is 10.5 Å². The van der Waals surface area contributed by atoms with E-state index in [1.807, 2.05) is 6.07 Å². The van der Waals surface area contributed by atoms with Crippen LogP contribution in [0.25, 0.3) is 21.8 Å². The number of non-ortho nitro benzene ring substituents is 1. The number of nitrogens with one attached hydrogen (secondary N) is 1. The second kappa shape index (κ2) is 5.85. The molecule has 0 saturated heterocycles. The Morgan fingerprint density at radius 2 is 1.73 bits per heavy atom. The molecule has 0 fully saturated rings. The van der Waals surface area contributed by atoms with Gasteiger partial charge in [0, 0.05) is 28.4 Å². The molecule has 2 aromatic heterocycles. The number of ether oxygens (including phenoxy) is 1. The van der Waals surface area contributed by atoms with Gasteiger partial charge in [-0.1, -0.05) is 0 Å². The number of carboxylic acid groups (broad SMARTS) is 1. The van der Waals surface area contributed by atoms with Gasteiger partial charge in [0.2, 0.25) is 0 Å². The summed E-state index contributed by atoms with van der Waals surface area (Å²) in [4.78, 5) is 28.4. The van der Waals surface area contributed by atoms with E-state index in [1.165, 1.54) is 36.5 Å². The Bertz CT molecular complexity index is 1160. The van der Waals surface area contributed by atoms with Gasteiger partial charge in [-0.25, -0.2) is 9.78 Å². The molecule has 0 bridgehead atoms. The molecule has 0 unspecified atom stereocenters. The van der Waals surface area contributed by atoms with Crippen molar-refractivity contribution in [2.45, 2.75) is 0 Å². The number of aromatic nitrogens is 2. The number of nitro groups is 1. The summed E-state index contributed by atoms with van der Waals surface area (Å²) in [7, 11) is 0. The van der Waals surface area contributed by atoms with E-state index in [1.54, 1.807) is 12.1 Å². The van der Waals surface area contributed by atoms with Crippen molar-refractivity contribution in [3.63, 3.8) is 0 Å². The zero-order valence-corrected chi connectivity index (χ0v) is 13.2. The molecule has 0 aliphatic carbocycles. The van der Waals surface area contributed by atoms with Crippen LogP contribution in [-0.2, 0) is 0 Å². The number of nitrogens with zero attached hydrogens (tertiary/aromatic N) is 2. The third kappa shape index (κ3) is 2.69. The van der Waals surface area contributed by atoms with E-state index in [0.29, 0.717) is 11.5 Å². The molecule has 0 saturated carbocycles. The Hall–Kier alpha value is -3.94. The summed E-state index contributed by atoms with van der Waals surface area (Å²) in [5.41, 5.74) is 1.48. The first kappa shape index (κ1) is 15.6. The summed E-state index contributed by atoms with van der Waals surface area (Å²) in [6.07, 6.45) is 1.48. The molecule has 4 aromatic rings. The summed E-state index contributed by atoms with van der Waals surface area (Å²) in [5.74, 6) is -0.108. The van der Waals surface area contributed by atoms with Crippen LogP contribution in [0.3, 0.4) is 0 Å². The Labute approximate surface area is 145 Å². The molecule has 26 heavy (non-hydrogen) atoms. The van der Waals surface area contributed by atoms with Gasteiger partial charge in [-0.2, -0.15) is 0 Å². The zero-order valence-electron chi connectivity index (χ0n) is 13.2. The van der Waals surface area contributed by atoms with Crippen LogP contribution < -0.4 is 4.74 Å². The van der Waals surface area contributed by atoms with Crippen molar-refractivity contribution < 1.29 is 19.6 Å². The van der Waals surface area contributed by atoms with Crippen molar-refractivity contribution in [1.82, 2.24) is 9.97 Å². The van der Waals surface area contributed by atoms with Gasteiger partial charge in [-0.05, 0) is 36.4 Å². The van der Waals surface area contributed by atoms with Crippen molar-refractivity contribution >= 4 is 33.5 Å². The summed E-state index contributed by atoms with van der Waals surface area (Å²) in [5, 5.41) is 21.3. The van der Waals surface area contributed by atoms with Crippen molar-refractivity contribution in [1.29, 1.82) is 0 Å². The Balaban J connectivity index is 1.74. The number of rotatable bonds is 4. The first-order valence-electron chi connectivity index (χ1n) is 7.58. The van der Waals surface area contributed by atoms with E-state index in [9.17, 15) is 14.9 Å². The molecule has 0 amide bonds. The maximum atomic E-state index is 11.1. The number of aromatic amines is 1. The van der Waals surface area contributed by atoms with Gasteiger partial charge in [-0.3, -0.25) is 10.1 Å². The molecule has 2 heterocycles. The fourth-order valence-electron chi connectivity index (χ4n) is 2.73. The fourth-order valence-corrected chi connectivity index (χ4v) is 2.73. The zero-order chi connectivity index (χ0) is 18.3. The molecule has 4 rings (SSSR count). The molecule has 0 aliphatic heterocycles. The number of hydrogen-bond acceptors (Lipinski definition) is 5. The minimum Gasteiger partial charge on any atom is -0.477 e. The standard InChI is InChI=1S/C18H11N3O5/c22-18(23)16-8-14-13-7-12(5-6-15(13)20-17(14)9-19-16)26-11-3-1-10(2-4-11)21(24)25/h1-9,20H,(H,22,23). The highest BCUT2D eigenvalue weighted by molar-refractivity contribution is 6.09. The second-order valence-electron chi connectivity index (χ2n) is 5.61. The van der Waals surface area contributed by atoms with Gasteiger partial charge in [0.25, 0.3) is 5.69 Å². The van der Waals surface area contributed by atoms with Crippen LogP contribution in [0.2, 0.25) is 0 Å². The van der Waals surface area contributed by atoms with Crippen LogP contribution in [0.5, 0.6) is 11.5 Å². The van der Waals surface area contributed by atoms with Crippen molar-refractivity contribution in [2.75, 3.05) is 0 Å². The molecule has 2 N–H and O–H groups in total. The van der Waals surface area contributed by atoms with Gasteiger partial charge in [0.05, 0.1) is 16.6 Å². The molecule has 2 aromatic carbocycles. The van der Waals surface area contributed by atoms with E-state index < -0.39 is 10.9 Å². The third-order valence-corrected chi connectivity index (χ3v) is 3.96. The predicted octanol–water partition coefficient (Wildman–Crippen LogP) is 4.11.